The van der Waals surface area contributed by atoms with E-state index in [0.29, 0.717) is 0 Å². The Kier molecular flexibility index (Phi) is 4.05. The maximum absolute atomic E-state index is 4.69. The van der Waals surface area contributed by atoms with Crippen LogP contribution in [0.5, 0.6) is 0 Å². The second kappa shape index (κ2) is 5.28. The van der Waals surface area contributed by atoms with Gasteiger partial charge in [0.05, 0.1) is 5.69 Å². The smallest absolute Gasteiger partial charge is 0.0624 e. The van der Waals surface area contributed by atoms with Crippen molar-refractivity contribution in [2.24, 2.45) is 5.41 Å². The third-order valence-electron chi connectivity index (χ3n) is 4.74. The summed E-state index contributed by atoms with van der Waals surface area (Å²) in [6.07, 6.45) is 4.68. The molecule has 1 fully saturated rings. The van der Waals surface area contributed by atoms with Gasteiger partial charge in [0.2, 0.25) is 0 Å². The molecule has 0 aromatic carbocycles. The van der Waals surface area contributed by atoms with Crippen molar-refractivity contribution in [3.05, 3.63) is 17.5 Å². The van der Waals surface area contributed by atoms with Gasteiger partial charge in [-0.05, 0) is 44.2 Å². The van der Waals surface area contributed by atoms with E-state index < -0.39 is 0 Å². The highest BCUT2D eigenvalue weighted by Crippen LogP contribution is 2.40. The van der Waals surface area contributed by atoms with Crippen molar-refractivity contribution in [1.82, 2.24) is 15.1 Å². The number of aryl methyl sites for hydroxylation is 2. The van der Waals surface area contributed by atoms with Crippen LogP contribution >= 0.6 is 0 Å². The molecule has 3 nitrogen and oxygen atoms in total. The molecule has 2 heterocycles. The molecule has 0 aliphatic carbocycles. The Morgan fingerprint density at radius 3 is 2.58 bits per heavy atom. The number of hydrogen-bond donors (Lipinski definition) is 1. The van der Waals surface area contributed by atoms with Crippen LogP contribution in [0.4, 0.5) is 0 Å². The van der Waals surface area contributed by atoms with Crippen LogP contribution in [0.2, 0.25) is 0 Å². The highest BCUT2D eigenvalue weighted by molar-refractivity contribution is 5.17. The van der Waals surface area contributed by atoms with Crippen LogP contribution in [0, 0.1) is 5.41 Å². The largest absolute Gasteiger partial charge is 0.310 e. The summed E-state index contributed by atoms with van der Waals surface area (Å²) >= 11 is 0. The quantitative estimate of drug-likeness (QED) is 0.904. The summed E-state index contributed by atoms with van der Waals surface area (Å²) in [6, 6.07) is 2.30. The number of nitrogens with zero attached hydrogens (tertiary/aromatic N) is 2. The van der Waals surface area contributed by atoms with E-state index >= 15 is 0 Å². The standard InChI is InChI=1S/C16H29N3/c1-6-13-11-14(19(7-2)18-13)12-16(15(3,4)5)9-8-10-17-16/h11,17H,6-10,12H2,1-5H3. The van der Waals surface area contributed by atoms with Crippen LogP contribution in [0.15, 0.2) is 6.07 Å². The molecule has 0 radical (unpaired) electrons. The lowest BCUT2D eigenvalue weighted by molar-refractivity contribution is 0.156. The van der Waals surface area contributed by atoms with E-state index in [1.165, 1.54) is 24.2 Å². The van der Waals surface area contributed by atoms with Gasteiger partial charge < -0.3 is 5.32 Å². The van der Waals surface area contributed by atoms with Gasteiger partial charge in [0.15, 0.2) is 0 Å². The summed E-state index contributed by atoms with van der Waals surface area (Å²) < 4.78 is 2.19. The molecule has 1 aliphatic heterocycles. The minimum absolute atomic E-state index is 0.227. The van der Waals surface area contributed by atoms with Crippen LogP contribution in [-0.4, -0.2) is 21.9 Å². The minimum Gasteiger partial charge on any atom is -0.310 e. The molecule has 1 aromatic rings. The lowest BCUT2D eigenvalue weighted by Gasteiger charge is -2.42. The second-order valence-electron chi connectivity index (χ2n) is 6.84. The van der Waals surface area contributed by atoms with E-state index in [9.17, 15) is 0 Å². The Labute approximate surface area is 117 Å². The maximum Gasteiger partial charge on any atom is 0.0624 e. The molecule has 0 amide bonds. The van der Waals surface area contributed by atoms with Crippen molar-refractivity contribution in [2.45, 2.75) is 72.4 Å². The fraction of sp³-hybridized carbons (Fsp3) is 0.812. The lowest BCUT2D eigenvalue weighted by Crippen LogP contribution is -2.52. The van der Waals surface area contributed by atoms with Gasteiger partial charge in [-0.3, -0.25) is 4.68 Å². The molecular weight excluding hydrogens is 234 g/mol. The van der Waals surface area contributed by atoms with Gasteiger partial charge in [-0.25, -0.2) is 0 Å². The second-order valence-corrected chi connectivity index (χ2v) is 6.84. The molecule has 19 heavy (non-hydrogen) atoms. The van der Waals surface area contributed by atoms with E-state index in [-0.39, 0.29) is 11.0 Å². The normalized spacial score (nSPS) is 24.1. The summed E-state index contributed by atoms with van der Waals surface area (Å²) in [7, 11) is 0. The first kappa shape index (κ1) is 14.6. The summed E-state index contributed by atoms with van der Waals surface area (Å²) in [5.74, 6) is 0. The topological polar surface area (TPSA) is 29.9 Å². The number of aromatic nitrogens is 2. The Morgan fingerprint density at radius 1 is 1.37 bits per heavy atom. The fourth-order valence-corrected chi connectivity index (χ4v) is 3.28. The van der Waals surface area contributed by atoms with Crippen LogP contribution in [-0.2, 0) is 19.4 Å². The molecule has 3 heteroatoms. The molecule has 0 bridgehead atoms. The van der Waals surface area contributed by atoms with Crippen LogP contribution in [0.1, 0.15) is 58.8 Å². The lowest BCUT2D eigenvalue weighted by atomic mass is 9.70. The molecule has 1 aliphatic rings. The first-order valence-corrected chi connectivity index (χ1v) is 7.72. The van der Waals surface area contributed by atoms with Crippen molar-refractivity contribution in [1.29, 1.82) is 0 Å². The zero-order valence-electron chi connectivity index (χ0n) is 13.2. The molecule has 0 saturated carbocycles. The van der Waals surface area contributed by atoms with E-state index in [2.05, 4.69) is 50.7 Å². The third-order valence-corrected chi connectivity index (χ3v) is 4.74. The van der Waals surface area contributed by atoms with Crippen molar-refractivity contribution in [3.8, 4) is 0 Å². The Balaban J connectivity index is 2.29. The summed E-state index contributed by atoms with van der Waals surface area (Å²) in [4.78, 5) is 0. The monoisotopic (exact) mass is 263 g/mol. The Hall–Kier alpha value is -0.830. The molecule has 2 rings (SSSR count). The van der Waals surface area contributed by atoms with E-state index in [4.69, 9.17) is 5.10 Å². The molecular formula is C16H29N3. The molecule has 1 saturated heterocycles. The van der Waals surface area contributed by atoms with Gasteiger partial charge in [0.1, 0.15) is 0 Å². The zero-order valence-corrected chi connectivity index (χ0v) is 13.2. The third kappa shape index (κ3) is 2.71. The molecule has 1 N–H and O–H groups in total. The SMILES string of the molecule is CCc1cc(CC2(C(C)(C)C)CCCN2)n(CC)n1. The zero-order chi connectivity index (χ0) is 14.1. The predicted molar refractivity (Wildman–Crippen MR) is 80.4 cm³/mol. The molecule has 0 spiro atoms. The summed E-state index contributed by atoms with van der Waals surface area (Å²) in [5, 5.41) is 8.49. The van der Waals surface area contributed by atoms with Gasteiger partial charge in [0, 0.05) is 24.2 Å². The van der Waals surface area contributed by atoms with E-state index in [0.717, 1.165) is 25.9 Å². The average molecular weight is 263 g/mol. The highest BCUT2D eigenvalue weighted by Gasteiger charge is 2.44. The van der Waals surface area contributed by atoms with E-state index in [1.54, 1.807) is 0 Å². The highest BCUT2D eigenvalue weighted by atomic mass is 15.3. The first-order chi connectivity index (χ1) is 8.92. The predicted octanol–water partition coefficient (Wildman–Crippen LogP) is 3.18. The summed E-state index contributed by atoms with van der Waals surface area (Å²) in [6.45, 7) is 13.6. The van der Waals surface area contributed by atoms with Crippen molar-refractivity contribution in [2.75, 3.05) is 6.54 Å². The van der Waals surface area contributed by atoms with Crippen LogP contribution < -0.4 is 5.32 Å². The number of rotatable bonds is 4. The van der Waals surface area contributed by atoms with Crippen molar-refractivity contribution < 1.29 is 0 Å². The van der Waals surface area contributed by atoms with Crippen molar-refractivity contribution in [3.63, 3.8) is 0 Å². The van der Waals surface area contributed by atoms with E-state index in [1.807, 2.05) is 0 Å². The Morgan fingerprint density at radius 2 is 2.11 bits per heavy atom. The van der Waals surface area contributed by atoms with Crippen molar-refractivity contribution >= 4 is 0 Å². The fourth-order valence-electron chi connectivity index (χ4n) is 3.28. The van der Waals surface area contributed by atoms with Gasteiger partial charge in [-0.15, -0.1) is 0 Å². The Bertz CT molecular complexity index is 420. The van der Waals surface area contributed by atoms with Gasteiger partial charge >= 0.3 is 0 Å². The summed E-state index contributed by atoms with van der Waals surface area (Å²) in [5.41, 5.74) is 3.12. The molecule has 108 valence electrons. The minimum atomic E-state index is 0.227. The number of hydrogen-bond acceptors (Lipinski definition) is 2. The van der Waals surface area contributed by atoms with Gasteiger partial charge in [-0.1, -0.05) is 27.7 Å². The maximum atomic E-state index is 4.69. The number of nitrogens with one attached hydrogen (secondary N) is 1. The van der Waals surface area contributed by atoms with Crippen LogP contribution in [0.25, 0.3) is 0 Å². The average Bonchev–Trinajstić information content (AvgIpc) is 2.96. The van der Waals surface area contributed by atoms with Crippen LogP contribution in [0.3, 0.4) is 0 Å². The molecule has 1 atom stereocenters. The van der Waals surface area contributed by atoms with Gasteiger partial charge in [0.25, 0.3) is 0 Å². The first-order valence-electron chi connectivity index (χ1n) is 7.72. The molecule has 1 aromatic heterocycles. The van der Waals surface area contributed by atoms with Gasteiger partial charge in [-0.2, -0.15) is 5.10 Å². The molecule has 1 unspecified atom stereocenters.